The van der Waals surface area contributed by atoms with Crippen molar-refractivity contribution < 1.29 is 4.52 Å². The maximum Gasteiger partial charge on any atom is 0.260 e. The van der Waals surface area contributed by atoms with Crippen LogP contribution in [0.2, 0.25) is 5.02 Å². The molecule has 20 heavy (non-hydrogen) atoms. The Morgan fingerprint density at radius 2 is 1.95 bits per heavy atom. The van der Waals surface area contributed by atoms with Crippen LogP contribution in [0.3, 0.4) is 0 Å². The molecule has 5 heteroatoms. The Morgan fingerprint density at radius 3 is 2.75 bits per heavy atom. The van der Waals surface area contributed by atoms with Gasteiger partial charge in [0.1, 0.15) is 0 Å². The molecule has 0 atom stereocenters. The molecule has 0 radical (unpaired) electrons. The van der Waals surface area contributed by atoms with Crippen LogP contribution >= 0.6 is 11.6 Å². The second kappa shape index (κ2) is 4.98. The van der Waals surface area contributed by atoms with Crippen LogP contribution < -0.4 is 5.73 Å². The van der Waals surface area contributed by atoms with E-state index >= 15 is 0 Å². The van der Waals surface area contributed by atoms with Crippen LogP contribution in [0.5, 0.6) is 0 Å². The van der Waals surface area contributed by atoms with Crippen LogP contribution in [0.15, 0.2) is 47.0 Å². The standard InChI is InChI=1S/C15H12ClN3O/c1-9-4-2-5-10(8-9)14-18-15(20-19-14)11-6-3-7-12(16)13(11)17/h2-8H,17H2,1H3. The van der Waals surface area contributed by atoms with Crippen LogP contribution in [-0.4, -0.2) is 10.1 Å². The topological polar surface area (TPSA) is 64.9 Å². The van der Waals surface area contributed by atoms with Crippen LogP contribution in [0.4, 0.5) is 5.69 Å². The van der Waals surface area contributed by atoms with E-state index in [1.54, 1.807) is 18.2 Å². The first-order chi connectivity index (χ1) is 9.65. The van der Waals surface area contributed by atoms with Crippen molar-refractivity contribution in [3.05, 3.63) is 53.1 Å². The molecule has 0 aliphatic rings. The molecule has 0 fully saturated rings. The van der Waals surface area contributed by atoms with Gasteiger partial charge < -0.3 is 10.3 Å². The minimum absolute atomic E-state index is 0.363. The summed E-state index contributed by atoms with van der Waals surface area (Å²) in [5.41, 5.74) is 9.05. The van der Waals surface area contributed by atoms with E-state index < -0.39 is 0 Å². The van der Waals surface area contributed by atoms with Crippen molar-refractivity contribution >= 4 is 17.3 Å². The van der Waals surface area contributed by atoms with E-state index in [1.165, 1.54) is 0 Å². The second-order valence-corrected chi connectivity index (χ2v) is 4.90. The molecule has 0 bridgehead atoms. The van der Waals surface area contributed by atoms with Crippen molar-refractivity contribution in [2.75, 3.05) is 5.73 Å². The summed E-state index contributed by atoms with van der Waals surface area (Å²) in [5, 5.41) is 4.46. The highest BCUT2D eigenvalue weighted by Gasteiger charge is 2.14. The summed E-state index contributed by atoms with van der Waals surface area (Å²) in [4.78, 5) is 4.38. The summed E-state index contributed by atoms with van der Waals surface area (Å²) < 4.78 is 5.28. The number of rotatable bonds is 2. The van der Waals surface area contributed by atoms with E-state index in [0.717, 1.165) is 11.1 Å². The zero-order valence-corrected chi connectivity index (χ0v) is 11.6. The number of aromatic nitrogens is 2. The molecule has 1 aromatic heterocycles. The van der Waals surface area contributed by atoms with Gasteiger partial charge in [0.05, 0.1) is 16.3 Å². The van der Waals surface area contributed by atoms with Crippen molar-refractivity contribution in [1.29, 1.82) is 0 Å². The SMILES string of the molecule is Cc1cccc(-c2noc(-c3cccc(Cl)c3N)n2)c1. The van der Waals surface area contributed by atoms with E-state index in [0.29, 0.717) is 28.0 Å². The summed E-state index contributed by atoms with van der Waals surface area (Å²) in [7, 11) is 0. The number of para-hydroxylation sites is 1. The highest BCUT2D eigenvalue weighted by molar-refractivity contribution is 6.33. The van der Waals surface area contributed by atoms with Crippen LogP contribution in [0.25, 0.3) is 22.8 Å². The smallest absolute Gasteiger partial charge is 0.260 e. The van der Waals surface area contributed by atoms with Crippen LogP contribution in [0, 0.1) is 6.92 Å². The molecule has 0 unspecified atom stereocenters. The average Bonchev–Trinajstić information content (AvgIpc) is 2.91. The van der Waals surface area contributed by atoms with Crippen molar-refractivity contribution in [3.8, 4) is 22.8 Å². The Bertz CT molecular complexity index is 767. The molecule has 1 heterocycles. The lowest BCUT2D eigenvalue weighted by Gasteiger charge is -2.01. The molecule has 2 aromatic carbocycles. The molecule has 3 aromatic rings. The van der Waals surface area contributed by atoms with Crippen molar-refractivity contribution in [1.82, 2.24) is 10.1 Å². The quantitative estimate of drug-likeness (QED) is 0.724. The monoisotopic (exact) mass is 285 g/mol. The van der Waals surface area contributed by atoms with Gasteiger partial charge in [-0.15, -0.1) is 0 Å². The van der Waals surface area contributed by atoms with Gasteiger partial charge in [-0.3, -0.25) is 0 Å². The summed E-state index contributed by atoms with van der Waals surface area (Å²) in [5.74, 6) is 0.893. The van der Waals surface area contributed by atoms with Gasteiger partial charge in [-0.1, -0.05) is 46.6 Å². The molecule has 0 saturated heterocycles. The first-order valence-electron chi connectivity index (χ1n) is 6.10. The van der Waals surface area contributed by atoms with Gasteiger partial charge in [0.2, 0.25) is 5.82 Å². The van der Waals surface area contributed by atoms with Gasteiger partial charge >= 0.3 is 0 Å². The fourth-order valence-corrected chi connectivity index (χ4v) is 2.13. The highest BCUT2D eigenvalue weighted by atomic mass is 35.5. The molecular weight excluding hydrogens is 274 g/mol. The predicted octanol–water partition coefficient (Wildman–Crippen LogP) is 3.95. The number of anilines is 1. The Kier molecular flexibility index (Phi) is 3.16. The van der Waals surface area contributed by atoms with Crippen LogP contribution in [0.1, 0.15) is 5.56 Å². The number of nitrogens with two attached hydrogens (primary N) is 1. The fraction of sp³-hybridized carbons (Fsp3) is 0.0667. The second-order valence-electron chi connectivity index (χ2n) is 4.49. The molecule has 0 aliphatic carbocycles. The van der Waals surface area contributed by atoms with Gasteiger partial charge in [0.25, 0.3) is 5.89 Å². The number of benzene rings is 2. The van der Waals surface area contributed by atoms with E-state index in [4.69, 9.17) is 21.9 Å². The van der Waals surface area contributed by atoms with Crippen LogP contribution in [-0.2, 0) is 0 Å². The summed E-state index contributed by atoms with van der Waals surface area (Å²) >= 11 is 5.99. The molecule has 0 spiro atoms. The number of halogens is 1. The Labute approximate surface area is 121 Å². The zero-order chi connectivity index (χ0) is 14.1. The van der Waals surface area contributed by atoms with Crippen molar-refractivity contribution in [2.24, 2.45) is 0 Å². The third kappa shape index (κ3) is 2.26. The van der Waals surface area contributed by atoms with E-state index in [1.807, 2.05) is 31.2 Å². The number of hydrogen-bond acceptors (Lipinski definition) is 4. The maximum absolute atomic E-state index is 5.99. The summed E-state index contributed by atoms with van der Waals surface area (Å²) in [6.45, 7) is 2.01. The molecule has 4 nitrogen and oxygen atoms in total. The fourth-order valence-electron chi connectivity index (χ4n) is 1.96. The Balaban J connectivity index is 2.04. The lowest BCUT2D eigenvalue weighted by atomic mass is 10.1. The molecule has 3 rings (SSSR count). The summed E-state index contributed by atoms with van der Waals surface area (Å²) in [6, 6.07) is 13.2. The minimum atomic E-state index is 0.363. The number of hydrogen-bond donors (Lipinski definition) is 1. The molecule has 2 N–H and O–H groups in total. The zero-order valence-electron chi connectivity index (χ0n) is 10.8. The predicted molar refractivity (Wildman–Crippen MR) is 79.3 cm³/mol. The molecule has 0 saturated carbocycles. The molecule has 100 valence electrons. The normalized spacial score (nSPS) is 10.7. The number of nitrogen functional groups attached to an aromatic ring is 1. The van der Waals surface area contributed by atoms with E-state index in [9.17, 15) is 0 Å². The van der Waals surface area contributed by atoms with Gasteiger partial charge in [-0.25, -0.2) is 0 Å². The lowest BCUT2D eigenvalue weighted by Crippen LogP contribution is -1.91. The van der Waals surface area contributed by atoms with Gasteiger partial charge in [0.15, 0.2) is 0 Å². The average molecular weight is 286 g/mol. The van der Waals surface area contributed by atoms with Gasteiger partial charge in [-0.05, 0) is 25.1 Å². The molecule has 0 aliphatic heterocycles. The Hall–Kier alpha value is -2.33. The van der Waals surface area contributed by atoms with E-state index in [-0.39, 0.29) is 0 Å². The first-order valence-corrected chi connectivity index (χ1v) is 6.48. The first kappa shape index (κ1) is 12.7. The third-order valence-electron chi connectivity index (χ3n) is 2.99. The van der Waals surface area contributed by atoms with Crippen molar-refractivity contribution in [3.63, 3.8) is 0 Å². The Morgan fingerprint density at radius 1 is 1.15 bits per heavy atom. The lowest BCUT2D eigenvalue weighted by molar-refractivity contribution is 0.432. The van der Waals surface area contributed by atoms with E-state index in [2.05, 4.69) is 10.1 Å². The minimum Gasteiger partial charge on any atom is -0.397 e. The highest BCUT2D eigenvalue weighted by Crippen LogP contribution is 2.31. The summed E-state index contributed by atoms with van der Waals surface area (Å²) in [6.07, 6.45) is 0. The largest absolute Gasteiger partial charge is 0.397 e. The van der Waals surface area contributed by atoms with Gasteiger partial charge in [-0.2, -0.15) is 4.98 Å². The molecule has 0 amide bonds. The number of nitrogens with zero attached hydrogens (tertiary/aromatic N) is 2. The number of aryl methyl sites for hydroxylation is 1. The third-order valence-corrected chi connectivity index (χ3v) is 3.32. The van der Waals surface area contributed by atoms with Gasteiger partial charge in [0, 0.05) is 5.56 Å². The van der Waals surface area contributed by atoms with Crippen molar-refractivity contribution in [2.45, 2.75) is 6.92 Å². The maximum atomic E-state index is 5.99. The molecular formula is C15H12ClN3O.